The molecule has 0 aliphatic carbocycles. The molecule has 1 heterocycles. The number of hydrogen-bond donors (Lipinski definition) is 2. The molecular formula is C17H19FN2O. The number of nitrogens with one attached hydrogen (secondary N) is 2. The van der Waals surface area contributed by atoms with Gasteiger partial charge in [-0.05, 0) is 49.9 Å². The van der Waals surface area contributed by atoms with Crippen LogP contribution < -0.4 is 10.6 Å². The summed E-state index contributed by atoms with van der Waals surface area (Å²) in [6.45, 7) is 1.93. The van der Waals surface area contributed by atoms with Crippen molar-refractivity contribution in [2.75, 3.05) is 13.1 Å². The second-order valence-electron chi connectivity index (χ2n) is 5.49. The Balaban J connectivity index is 1.86. The summed E-state index contributed by atoms with van der Waals surface area (Å²) in [5.74, 6) is -0.404. The van der Waals surface area contributed by atoms with Crippen molar-refractivity contribution in [1.82, 2.24) is 10.6 Å². The highest BCUT2D eigenvalue weighted by molar-refractivity contribution is 6.07. The highest BCUT2D eigenvalue weighted by Gasteiger charge is 2.17. The summed E-state index contributed by atoms with van der Waals surface area (Å²) in [5.41, 5.74) is 0.546. The van der Waals surface area contributed by atoms with Gasteiger partial charge in [-0.25, -0.2) is 4.39 Å². The lowest BCUT2D eigenvalue weighted by Crippen LogP contribution is -2.35. The van der Waals surface area contributed by atoms with Crippen molar-refractivity contribution >= 4 is 16.7 Å². The van der Waals surface area contributed by atoms with E-state index < -0.39 is 0 Å². The van der Waals surface area contributed by atoms with Gasteiger partial charge in [0.15, 0.2) is 0 Å². The first-order valence-corrected chi connectivity index (χ1v) is 7.44. The molecule has 110 valence electrons. The quantitative estimate of drug-likeness (QED) is 0.891. The molecule has 1 fully saturated rings. The number of amides is 1. The second kappa shape index (κ2) is 6.22. The van der Waals surface area contributed by atoms with E-state index in [2.05, 4.69) is 10.6 Å². The van der Waals surface area contributed by atoms with Gasteiger partial charge in [0, 0.05) is 17.0 Å². The molecule has 0 radical (unpaired) electrons. The fourth-order valence-electron chi connectivity index (χ4n) is 2.89. The summed E-state index contributed by atoms with van der Waals surface area (Å²) in [4.78, 5) is 12.5. The first-order chi connectivity index (χ1) is 10.3. The van der Waals surface area contributed by atoms with E-state index in [1.165, 1.54) is 6.07 Å². The maximum Gasteiger partial charge on any atom is 0.252 e. The molecule has 0 aromatic heterocycles. The van der Waals surface area contributed by atoms with E-state index in [0.29, 0.717) is 16.3 Å². The van der Waals surface area contributed by atoms with Crippen molar-refractivity contribution in [2.45, 2.75) is 25.3 Å². The standard InChI is InChI=1S/C17H19FN2O/c18-16-8-7-15(13-5-1-2-6-14(13)16)17(21)20-12-4-3-10-19-11-9-12/h1-2,5-8,12,19H,3-4,9-11H2,(H,20,21). The van der Waals surface area contributed by atoms with Gasteiger partial charge in [-0.2, -0.15) is 0 Å². The molecule has 1 unspecified atom stereocenters. The zero-order valence-corrected chi connectivity index (χ0v) is 11.9. The molecule has 21 heavy (non-hydrogen) atoms. The number of hydrogen-bond acceptors (Lipinski definition) is 2. The van der Waals surface area contributed by atoms with Gasteiger partial charge >= 0.3 is 0 Å². The maximum absolute atomic E-state index is 13.8. The number of fused-ring (bicyclic) bond motifs is 1. The number of carbonyl (C=O) groups is 1. The summed E-state index contributed by atoms with van der Waals surface area (Å²) < 4.78 is 13.8. The lowest BCUT2D eigenvalue weighted by Gasteiger charge is -2.17. The van der Waals surface area contributed by atoms with Crippen LogP contribution in [0.3, 0.4) is 0 Å². The first-order valence-electron chi connectivity index (χ1n) is 7.44. The Morgan fingerprint density at radius 1 is 1.10 bits per heavy atom. The van der Waals surface area contributed by atoms with Crippen LogP contribution in [0.15, 0.2) is 36.4 Å². The molecule has 1 aliphatic rings. The van der Waals surface area contributed by atoms with Crippen LogP contribution in [0.1, 0.15) is 29.6 Å². The van der Waals surface area contributed by atoms with Crippen LogP contribution in [-0.4, -0.2) is 25.0 Å². The molecule has 1 atom stereocenters. The van der Waals surface area contributed by atoms with E-state index in [9.17, 15) is 9.18 Å². The van der Waals surface area contributed by atoms with Gasteiger partial charge in [0.1, 0.15) is 5.82 Å². The molecule has 0 spiro atoms. The topological polar surface area (TPSA) is 41.1 Å². The van der Waals surface area contributed by atoms with Gasteiger partial charge in [-0.3, -0.25) is 4.79 Å². The fraction of sp³-hybridized carbons (Fsp3) is 0.353. The van der Waals surface area contributed by atoms with Gasteiger partial charge in [-0.1, -0.05) is 24.3 Å². The van der Waals surface area contributed by atoms with E-state index in [-0.39, 0.29) is 17.8 Å². The molecule has 0 saturated carbocycles. The zero-order chi connectivity index (χ0) is 14.7. The third-order valence-corrected chi connectivity index (χ3v) is 4.03. The van der Waals surface area contributed by atoms with Crippen molar-refractivity contribution in [2.24, 2.45) is 0 Å². The predicted molar refractivity (Wildman–Crippen MR) is 81.9 cm³/mol. The van der Waals surface area contributed by atoms with Gasteiger partial charge in [0.2, 0.25) is 0 Å². The molecule has 1 amide bonds. The Labute approximate surface area is 123 Å². The Morgan fingerprint density at radius 3 is 2.76 bits per heavy atom. The molecule has 1 aliphatic heterocycles. The smallest absolute Gasteiger partial charge is 0.252 e. The lowest BCUT2D eigenvalue weighted by molar-refractivity contribution is 0.0936. The molecule has 2 aromatic rings. The maximum atomic E-state index is 13.8. The van der Waals surface area contributed by atoms with Crippen LogP contribution in [0.25, 0.3) is 10.8 Å². The molecule has 4 heteroatoms. The minimum atomic E-state index is -0.291. The van der Waals surface area contributed by atoms with Gasteiger partial charge in [-0.15, -0.1) is 0 Å². The van der Waals surface area contributed by atoms with Crippen molar-refractivity contribution in [3.05, 3.63) is 47.8 Å². The highest BCUT2D eigenvalue weighted by Crippen LogP contribution is 2.22. The van der Waals surface area contributed by atoms with Crippen LogP contribution >= 0.6 is 0 Å². The third-order valence-electron chi connectivity index (χ3n) is 4.03. The molecule has 2 aromatic carbocycles. The fourth-order valence-corrected chi connectivity index (χ4v) is 2.89. The molecule has 3 nitrogen and oxygen atoms in total. The van der Waals surface area contributed by atoms with Gasteiger partial charge in [0.25, 0.3) is 5.91 Å². The van der Waals surface area contributed by atoms with Crippen molar-refractivity contribution in [3.8, 4) is 0 Å². The summed E-state index contributed by atoms with van der Waals surface area (Å²) in [6.07, 6.45) is 2.98. The minimum Gasteiger partial charge on any atom is -0.349 e. The SMILES string of the molecule is O=C(NC1CCCNCC1)c1ccc(F)c2ccccc12. The van der Waals surface area contributed by atoms with Crippen LogP contribution in [0, 0.1) is 5.82 Å². The molecule has 2 N–H and O–H groups in total. The van der Waals surface area contributed by atoms with E-state index in [1.807, 2.05) is 6.07 Å². The van der Waals surface area contributed by atoms with Gasteiger partial charge < -0.3 is 10.6 Å². The third kappa shape index (κ3) is 3.05. The predicted octanol–water partition coefficient (Wildman–Crippen LogP) is 2.85. The first kappa shape index (κ1) is 14.0. The van der Waals surface area contributed by atoms with E-state index in [4.69, 9.17) is 0 Å². The molecule has 1 saturated heterocycles. The van der Waals surface area contributed by atoms with Crippen LogP contribution in [0.4, 0.5) is 4.39 Å². The Bertz CT molecular complexity index is 648. The summed E-state index contributed by atoms with van der Waals surface area (Å²) in [7, 11) is 0. The molecule has 0 bridgehead atoms. The van der Waals surface area contributed by atoms with Crippen molar-refractivity contribution in [1.29, 1.82) is 0 Å². The Kier molecular flexibility index (Phi) is 4.15. The average Bonchev–Trinajstić information content (AvgIpc) is 2.76. The Hall–Kier alpha value is -1.94. The summed E-state index contributed by atoms with van der Waals surface area (Å²) >= 11 is 0. The number of halogens is 1. The second-order valence-corrected chi connectivity index (χ2v) is 5.49. The van der Waals surface area contributed by atoms with Crippen molar-refractivity contribution < 1.29 is 9.18 Å². The molecule has 3 rings (SSSR count). The minimum absolute atomic E-state index is 0.113. The lowest BCUT2D eigenvalue weighted by atomic mass is 10.0. The highest BCUT2D eigenvalue weighted by atomic mass is 19.1. The summed E-state index contributed by atoms with van der Waals surface area (Å²) in [5, 5.41) is 7.57. The number of benzene rings is 2. The monoisotopic (exact) mass is 286 g/mol. The number of carbonyl (C=O) groups excluding carboxylic acids is 1. The largest absolute Gasteiger partial charge is 0.349 e. The van der Waals surface area contributed by atoms with Crippen LogP contribution in [-0.2, 0) is 0 Å². The zero-order valence-electron chi connectivity index (χ0n) is 11.9. The summed E-state index contributed by atoms with van der Waals surface area (Å²) in [6, 6.07) is 10.2. The van der Waals surface area contributed by atoms with E-state index in [0.717, 1.165) is 32.4 Å². The van der Waals surface area contributed by atoms with E-state index >= 15 is 0 Å². The number of rotatable bonds is 2. The van der Waals surface area contributed by atoms with Gasteiger partial charge in [0.05, 0.1) is 0 Å². The molecular weight excluding hydrogens is 267 g/mol. The average molecular weight is 286 g/mol. The normalized spacial score (nSPS) is 19.2. The van der Waals surface area contributed by atoms with Crippen LogP contribution in [0.2, 0.25) is 0 Å². The van der Waals surface area contributed by atoms with E-state index in [1.54, 1.807) is 24.3 Å². The Morgan fingerprint density at radius 2 is 1.90 bits per heavy atom. The van der Waals surface area contributed by atoms with Crippen molar-refractivity contribution in [3.63, 3.8) is 0 Å². The van der Waals surface area contributed by atoms with Crippen LogP contribution in [0.5, 0.6) is 0 Å².